The van der Waals surface area contributed by atoms with Crippen molar-refractivity contribution < 1.29 is 28.2 Å². The molecule has 1 aliphatic rings. The molecule has 9 heteroatoms. The second-order valence-electron chi connectivity index (χ2n) is 7.27. The van der Waals surface area contributed by atoms with Crippen molar-refractivity contribution in [3.8, 4) is 5.75 Å². The molecule has 2 N–H and O–H groups in total. The summed E-state index contributed by atoms with van der Waals surface area (Å²) in [5, 5.41) is 22.7. The van der Waals surface area contributed by atoms with Gasteiger partial charge in [0.1, 0.15) is 0 Å². The average Bonchev–Trinajstić information content (AvgIpc) is 3.06. The lowest BCUT2D eigenvalue weighted by molar-refractivity contribution is -0.137. The first kappa shape index (κ1) is 19.9. The smallest absolute Gasteiger partial charge is 0.416 e. The normalized spacial score (nSPS) is 16.3. The summed E-state index contributed by atoms with van der Waals surface area (Å²) in [4.78, 5) is 22.9. The number of nitrogens with zero attached hydrogens (tertiary/aromatic N) is 2. The van der Waals surface area contributed by atoms with Crippen LogP contribution in [0.3, 0.4) is 0 Å². The standard InChI is InChI=1S/C19H19F3N2O4/c1-11-6-12(8-13(7-11)19(20,21)22)18(4-2-3-5-18)10-24-9-14(25)16(26)15(23-24)17(27)28/h6-9,25H,2-5,10H2,1H3,(H,27,28). The highest BCUT2D eigenvalue weighted by Gasteiger charge is 2.39. The lowest BCUT2D eigenvalue weighted by Crippen LogP contribution is -2.32. The van der Waals surface area contributed by atoms with E-state index >= 15 is 0 Å². The molecule has 150 valence electrons. The van der Waals surface area contributed by atoms with E-state index < -0.39 is 40.0 Å². The molecule has 0 amide bonds. The van der Waals surface area contributed by atoms with Crippen LogP contribution in [0.25, 0.3) is 0 Å². The van der Waals surface area contributed by atoms with Crippen LogP contribution in [-0.4, -0.2) is 26.0 Å². The number of hydrogen-bond donors (Lipinski definition) is 2. The average molecular weight is 396 g/mol. The van der Waals surface area contributed by atoms with Crippen molar-refractivity contribution in [3.63, 3.8) is 0 Å². The summed E-state index contributed by atoms with van der Waals surface area (Å²) in [7, 11) is 0. The van der Waals surface area contributed by atoms with Gasteiger partial charge in [-0.3, -0.25) is 9.48 Å². The van der Waals surface area contributed by atoms with Gasteiger partial charge in [0.2, 0.25) is 5.69 Å². The Morgan fingerprint density at radius 2 is 1.89 bits per heavy atom. The third-order valence-electron chi connectivity index (χ3n) is 5.19. The molecule has 0 saturated heterocycles. The molecular formula is C19H19F3N2O4. The van der Waals surface area contributed by atoms with Crippen molar-refractivity contribution in [2.75, 3.05) is 0 Å². The summed E-state index contributed by atoms with van der Waals surface area (Å²) >= 11 is 0. The highest BCUT2D eigenvalue weighted by atomic mass is 19.4. The maximum atomic E-state index is 13.3. The minimum atomic E-state index is -4.48. The zero-order valence-corrected chi connectivity index (χ0v) is 15.1. The Balaban J connectivity index is 2.09. The Kier molecular flexibility index (Phi) is 4.95. The number of benzene rings is 1. The van der Waals surface area contributed by atoms with Crippen LogP contribution >= 0.6 is 0 Å². The van der Waals surface area contributed by atoms with E-state index in [1.54, 1.807) is 13.0 Å². The fraction of sp³-hybridized carbons (Fsp3) is 0.421. The molecule has 0 atom stereocenters. The molecule has 0 bridgehead atoms. The van der Waals surface area contributed by atoms with Gasteiger partial charge in [0.25, 0.3) is 5.43 Å². The minimum Gasteiger partial charge on any atom is -0.503 e. The van der Waals surface area contributed by atoms with E-state index in [1.807, 2.05) is 0 Å². The van der Waals surface area contributed by atoms with Gasteiger partial charge in [0.05, 0.1) is 18.3 Å². The van der Waals surface area contributed by atoms with E-state index in [1.165, 1.54) is 0 Å². The number of carboxylic acids is 1. The molecule has 0 spiro atoms. The molecule has 1 aromatic carbocycles. The highest BCUT2D eigenvalue weighted by molar-refractivity contribution is 5.85. The van der Waals surface area contributed by atoms with Crippen LogP contribution in [0.2, 0.25) is 0 Å². The number of carboxylic acid groups (broad SMARTS) is 1. The number of aryl methyl sites for hydroxylation is 1. The predicted molar refractivity (Wildman–Crippen MR) is 93.4 cm³/mol. The van der Waals surface area contributed by atoms with Crippen molar-refractivity contribution in [3.05, 3.63) is 57.0 Å². The van der Waals surface area contributed by atoms with Crippen LogP contribution in [0.1, 0.15) is 52.9 Å². The minimum absolute atomic E-state index is 0.0574. The fourth-order valence-electron chi connectivity index (χ4n) is 3.90. The van der Waals surface area contributed by atoms with Crippen molar-refractivity contribution in [1.29, 1.82) is 0 Å². The molecular weight excluding hydrogens is 377 g/mol. The number of rotatable bonds is 4. The Bertz CT molecular complexity index is 976. The lowest BCUT2D eigenvalue weighted by Gasteiger charge is -2.31. The van der Waals surface area contributed by atoms with Gasteiger partial charge in [-0.05, 0) is 37.5 Å². The quantitative estimate of drug-likeness (QED) is 0.825. The second kappa shape index (κ2) is 6.96. The molecule has 0 unspecified atom stereocenters. The van der Waals surface area contributed by atoms with Gasteiger partial charge in [0, 0.05) is 5.41 Å². The topological polar surface area (TPSA) is 92.4 Å². The van der Waals surface area contributed by atoms with Crippen molar-refractivity contribution in [1.82, 2.24) is 9.78 Å². The number of aromatic hydroxyl groups is 1. The number of hydrogen-bond acceptors (Lipinski definition) is 4. The molecule has 28 heavy (non-hydrogen) atoms. The lowest BCUT2D eigenvalue weighted by atomic mass is 9.77. The summed E-state index contributed by atoms with van der Waals surface area (Å²) in [5.74, 6) is -2.34. The molecule has 6 nitrogen and oxygen atoms in total. The van der Waals surface area contributed by atoms with Gasteiger partial charge in [-0.2, -0.15) is 18.3 Å². The Labute approximate surface area is 158 Å². The summed E-state index contributed by atoms with van der Waals surface area (Å²) in [6.07, 6.45) is -0.684. The summed E-state index contributed by atoms with van der Waals surface area (Å²) < 4.78 is 41.0. The largest absolute Gasteiger partial charge is 0.503 e. The van der Waals surface area contributed by atoms with Crippen LogP contribution in [0.15, 0.2) is 29.2 Å². The molecule has 1 fully saturated rings. The van der Waals surface area contributed by atoms with Gasteiger partial charge >= 0.3 is 12.1 Å². The predicted octanol–water partition coefficient (Wildman–Crippen LogP) is 3.49. The number of halogens is 3. The third-order valence-corrected chi connectivity index (χ3v) is 5.19. The van der Waals surface area contributed by atoms with E-state index in [9.17, 15) is 27.9 Å². The van der Waals surface area contributed by atoms with Gasteiger partial charge in [0.15, 0.2) is 5.75 Å². The molecule has 2 aromatic rings. The SMILES string of the molecule is Cc1cc(C(F)(F)F)cc(C2(Cn3cc(O)c(=O)c(C(=O)O)n3)CCCC2)c1. The fourth-order valence-corrected chi connectivity index (χ4v) is 3.90. The summed E-state index contributed by atoms with van der Waals surface area (Å²) in [6.45, 7) is 1.65. The van der Waals surface area contributed by atoms with E-state index in [0.29, 0.717) is 24.0 Å². The molecule has 3 rings (SSSR count). The van der Waals surface area contributed by atoms with Gasteiger partial charge in [-0.1, -0.05) is 24.5 Å². The Morgan fingerprint density at radius 1 is 1.25 bits per heavy atom. The number of aromatic carboxylic acids is 1. The number of aromatic nitrogens is 2. The van der Waals surface area contributed by atoms with Crippen LogP contribution in [0.4, 0.5) is 13.2 Å². The molecule has 0 aliphatic heterocycles. The third kappa shape index (κ3) is 3.74. The zero-order chi connectivity index (χ0) is 20.7. The molecule has 1 saturated carbocycles. The van der Waals surface area contributed by atoms with E-state index in [-0.39, 0.29) is 6.54 Å². The van der Waals surface area contributed by atoms with Gasteiger partial charge in [-0.15, -0.1) is 0 Å². The van der Waals surface area contributed by atoms with Crippen LogP contribution in [0.5, 0.6) is 5.75 Å². The molecule has 1 heterocycles. The summed E-state index contributed by atoms with van der Waals surface area (Å²) in [6, 6.07) is 3.90. The van der Waals surface area contributed by atoms with Crippen LogP contribution in [0, 0.1) is 6.92 Å². The first-order valence-electron chi connectivity index (χ1n) is 8.75. The first-order valence-corrected chi connectivity index (χ1v) is 8.75. The highest BCUT2D eigenvalue weighted by Crippen LogP contribution is 2.44. The maximum Gasteiger partial charge on any atom is 0.416 e. The number of alkyl halides is 3. The molecule has 0 radical (unpaired) electrons. The van der Waals surface area contributed by atoms with Crippen molar-refractivity contribution >= 4 is 5.97 Å². The first-order chi connectivity index (χ1) is 13.0. The Morgan fingerprint density at radius 3 is 2.46 bits per heavy atom. The van der Waals surface area contributed by atoms with Crippen molar-refractivity contribution in [2.45, 2.75) is 50.7 Å². The summed E-state index contributed by atoms with van der Waals surface area (Å²) in [5.41, 5.74) is -2.40. The zero-order valence-electron chi connectivity index (χ0n) is 15.1. The van der Waals surface area contributed by atoms with Gasteiger partial charge < -0.3 is 10.2 Å². The van der Waals surface area contributed by atoms with Gasteiger partial charge in [-0.25, -0.2) is 4.79 Å². The van der Waals surface area contributed by atoms with Crippen molar-refractivity contribution in [2.24, 2.45) is 0 Å². The molecule has 1 aromatic heterocycles. The Hall–Kier alpha value is -2.84. The van der Waals surface area contributed by atoms with E-state index in [4.69, 9.17) is 5.11 Å². The van der Waals surface area contributed by atoms with Crippen LogP contribution in [-0.2, 0) is 18.1 Å². The molecule has 1 aliphatic carbocycles. The second-order valence-corrected chi connectivity index (χ2v) is 7.27. The van der Waals surface area contributed by atoms with E-state index in [0.717, 1.165) is 35.9 Å². The maximum absolute atomic E-state index is 13.3. The van der Waals surface area contributed by atoms with Crippen LogP contribution < -0.4 is 5.43 Å². The van der Waals surface area contributed by atoms with E-state index in [2.05, 4.69) is 5.10 Å². The monoisotopic (exact) mass is 396 g/mol. The number of carbonyl (C=O) groups is 1.